The molecule has 1 amide bonds. The van der Waals surface area contributed by atoms with Crippen LogP contribution >= 0.6 is 11.6 Å². The molecule has 9 nitrogen and oxygen atoms in total. The number of pyridine rings is 1. The average Bonchev–Trinajstić information content (AvgIpc) is 3.34. The number of nitrogens with zero attached hydrogens (tertiary/aromatic N) is 4. The summed E-state index contributed by atoms with van der Waals surface area (Å²) in [4.78, 5) is 26.2. The number of carbonyl (C=O) groups is 1. The molecule has 1 aromatic carbocycles. The maximum atomic E-state index is 12.1. The molecule has 4 aromatic rings. The number of carbonyl (C=O) groups excluding carboxylic acids is 1. The van der Waals surface area contributed by atoms with E-state index in [4.69, 9.17) is 21.3 Å². The molecule has 39 heavy (non-hydrogen) atoms. The molecule has 0 radical (unpaired) electrons. The Morgan fingerprint density at radius 1 is 1.05 bits per heavy atom. The normalized spacial score (nSPS) is 17.5. The van der Waals surface area contributed by atoms with E-state index in [9.17, 15) is 4.79 Å². The summed E-state index contributed by atoms with van der Waals surface area (Å²) >= 11 is 5.99. The minimum atomic E-state index is -0.499. The molecule has 204 valence electrons. The fourth-order valence-electron chi connectivity index (χ4n) is 4.73. The molecule has 0 aliphatic heterocycles. The van der Waals surface area contributed by atoms with Gasteiger partial charge in [-0.1, -0.05) is 29.8 Å². The van der Waals surface area contributed by atoms with Gasteiger partial charge in [-0.25, -0.2) is 19.7 Å². The Morgan fingerprint density at radius 2 is 1.79 bits per heavy atom. The summed E-state index contributed by atoms with van der Waals surface area (Å²) < 4.78 is 7.41. The van der Waals surface area contributed by atoms with E-state index in [0.717, 1.165) is 64.9 Å². The van der Waals surface area contributed by atoms with Crippen molar-refractivity contribution in [3.05, 3.63) is 71.6 Å². The maximum absolute atomic E-state index is 12.1. The molecule has 1 aliphatic carbocycles. The van der Waals surface area contributed by atoms with Crippen molar-refractivity contribution in [2.45, 2.75) is 70.7 Å². The first-order valence-electron chi connectivity index (χ1n) is 13.3. The van der Waals surface area contributed by atoms with Crippen molar-refractivity contribution in [2.24, 2.45) is 0 Å². The van der Waals surface area contributed by atoms with E-state index in [1.54, 1.807) is 6.20 Å². The number of aromatic nitrogens is 4. The van der Waals surface area contributed by atoms with Crippen molar-refractivity contribution in [1.29, 1.82) is 0 Å². The highest BCUT2D eigenvalue weighted by Crippen LogP contribution is 2.27. The summed E-state index contributed by atoms with van der Waals surface area (Å²) in [5.74, 6) is 1.52. The Kier molecular flexibility index (Phi) is 7.88. The smallest absolute Gasteiger partial charge is 0.407 e. The van der Waals surface area contributed by atoms with Crippen LogP contribution in [0.1, 0.15) is 52.0 Å². The second kappa shape index (κ2) is 11.5. The lowest BCUT2D eigenvalue weighted by Gasteiger charge is -2.30. The quantitative estimate of drug-likeness (QED) is 0.249. The van der Waals surface area contributed by atoms with Crippen LogP contribution in [0.4, 0.5) is 16.4 Å². The molecule has 0 atom stereocenters. The maximum Gasteiger partial charge on any atom is 0.407 e. The zero-order chi connectivity index (χ0) is 27.4. The van der Waals surface area contributed by atoms with Crippen molar-refractivity contribution in [2.75, 3.05) is 10.6 Å². The Labute approximate surface area is 233 Å². The van der Waals surface area contributed by atoms with Gasteiger partial charge in [0.2, 0.25) is 0 Å². The first-order valence-corrected chi connectivity index (χ1v) is 13.7. The van der Waals surface area contributed by atoms with Gasteiger partial charge in [0.15, 0.2) is 11.5 Å². The molecule has 0 unspecified atom stereocenters. The fourth-order valence-corrected chi connectivity index (χ4v) is 4.86. The molecule has 3 N–H and O–H groups in total. The van der Waals surface area contributed by atoms with Gasteiger partial charge in [0.25, 0.3) is 0 Å². The average molecular weight is 548 g/mol. The summed E-state index contributed by atoms with van der Waals surface area (Å²) in [6.45, 7) is 6.26. The molecular weight excluding hydrogens is 514 g/mol. The molecule has 1 saturated carbocycles. The number of rotatable bonds is 7. The van der Waals surface area contributed by atoms with Crippen LogP contribution in [0.15, 0.2) is 61.1 Å². The van der Waals surface area contributed by atoms with Gasteiger partial charge in [0, 0.05) is 36.0 Å². The van der Waals surface area contributed by atoms with Gasteiger partial charge in [-0.05, 0) is 76.3 Å². The lowest BCUT2D eigenvalue weighted by molar-refractivity contribution is 0.0492. The van der Waals surface area contributed by atoms with Gasteiger partial charge in [-0.2, -0.15) is 0 Å². The van der Waals surface area contributed by atoms with E-state index in [1.807, 2.05) is 80.0 Å². The van der Waals surface area contributed by atoms with Crippen LogP contribution in [0.25, 0.3) is 17.0 Å². The third-order valence-corrected chi connectivity index (χ3v) is 6.87. The van der Waals surface area contributed by atoms with Crippen molar-refractivity contribution >= 4 is 35.0 Å². The van der Waals surface area contributed by atoms with Crippen LogP contribution in [-0.2, 0) is 11.3 Å². The van der Waals surface area contributed by atoms with Crippen molar-refractivity contribution in [3.63, 3.8) is 0 Å². The second-order valence-corrected chi connectivity index (χ2v) is 11.3. The van der Waals surface area contributed by atoms with Crippen molar-refractivity contribution in [3.8, 4) is 11.4 Å². The van der Waals surface area contributed by atoms with E-state index < -0.39 is 5.60 Å². The van der Waals surface area contributed by atoms with E-state index in [1.165, 1.54) is 0 Å². The highest BCUT2D eigenvalue weighted by Gasteiger charge is 2.25. The monoisotopic (exact) mass is 547 g/mol. The van der Waals surface area contributed by atoms with E-state index >= 15 is 0 Å². The Balaban J connectivity index is 1.23. The van der Waals surface area contributed by atoms with Crippen LogP contribution < -0.4 is 16.0 Å². The first kappa shape index (κ1) is 26.7. The van der Waals surface area contributed by atoms with Gasteiger partial charge < -0.3 is 20.7 Å². The topological polar surface area (TPSA) is 105 Å². The van der Waals surface area contributed by atoms with E-state index in [-0.39, 0.29) is 18.2 Å². The molecule has 0 bridgehead atoms. The van der Waals surface area contributed by atoms with E-state index in [0.29, 0.717) is 6.54 Å². The third-order valence-electron chi connectivity index (χ3n) is 6.62. The number of hydrogen-bond donors (Lipinski definition) is 3. The van der Waals surface area contributed by atoms with Crippen molar-refractivity contribution in [1.82, 2.24) is 24.7 Å². The molecule has 1 fully saturated rings. The van der Waals surface area contributed by atoms with Crippen LogP contribution in [0.3, 0.4) is 0 Å². The van der Waals surface area contributed by atoms with Crippen LogP contribution in [0.5, 0.6) is 0 Å². The predicted molar refractivity (Wildman–Crippen MR) is 154 cm³/mol. The predicted octanol–water partition coefficient (Wildman–Crippen LogP) is 6.30. The van der Waals surface area contributed by atoms with Crippen LogP contribution in [0, 0.1) is 0 Å². The van der Waals surface area contributed by atoms with Gasteiger partial charge >= 0.3 is 6.09 Å². The molecule has 0 saturated heterocycles. The minimum absolute atomic E-state index is 0.117. The first-order chi connectivity index (χ1) is 18.7. The van der Waals surface area contributed by atoms with Crippen LogP contribution in [-0.4, -0.2) is 43.1 Å². The Bertz CT molecular complexity index is 1420. The Hall–Kier alpha value is -3.85. The van der Waals surface area contributed by atoms with Gasteiger partial charge in [0.05, 0.1) is 17.6 Å². The lowest BCUT2D eigenvalue weighted by atomic mass is 9.91. The van der Waals surface area contributed by atoms with Gasteiger partial charge in [0.1, 0.15) is 11.4 Å². The largest absolute Gasteiger partial charge is 0.444 e. The number of fused-ring (bicyclic) bond motifs is 1. The summed E-state index contributed by atoms with van der Waals surface area (Å²) in [6, 6.07) is 14.0. The summed E-state index contributed by atoms with van der Waals surface area (Å²) in [5.41, 5.74) is 3.08. The van der Waals surface area contributed by atoms with E-state index in [2.05, 4.69) is 25.9 Å². The Morgan fingerprint density at radius 3 is 2.54 bits per heavy atom. The molecule has 3 heterocycles. The third kappa shape index (κ3) is 6.97. The highest BCUT2D eigenvalue weighted by molar-refractivity contribution is 6.30. The SMILES string of the molecule is CC(C)(C)OC(=O)N[C@H]1CC[C@H](Nc2nccn3c(-c4cccc(NCc5ccc(Cl)cc5)n4)cnc23)CC1. The number of nitrogens with one attached hydrogen (secondary N) is 3. The summed E-state index contributed by atoms with van der Waals surface area (Å²) in [5, 5.41) is 10.7. The number of alkyl carbamates (subject to hydrolysis) is 1. The second-order valence-electron chi connectivity index (χ2n) is 10.8. The lowest BCUT2D eigenvalue weighted by Crippen LogP contribution is -2.42. The van der Waals surface area contributed by atoms with Crippen molar-refractivity contribution < 1.29 is 9.53 Å². The molecular formula is C29H34ClN7O2. The fraction of sp³-hybridized carbons (Fsp3) is 0.379. The molecule has 0 spiro atoms. The summed E-state index contributed by atoms with van der Waals surface area (Å²) in [6.07, 6.45) is 8.74. The molecule has 5 rings (SSSR count). The van der Waals surface area contributed by atoms with Crippen LogP contribution in [0.2, 0.25) is 5.02 Å². The number of ether oxygens (including phenoxy) is 1. The zero-order valence-electron chi connectivity index (χ0n) is 22.4. The standard InChI is InChI=1S/C29H34ClN7O2/c1-29(2,3)39-28(38)35-22-13-11-21(12-14-22)34-26-27-33-18-24(37(27)16-15-31-26)23-5-4-6-25(36-23)32-17-19-7-9-20(30)10-8-19/h4-10,15-16,18,21-22H,11-14,17H2,1-3H3,(H,31,34)(H,32,36)(H,35,38)/t21-,22-. The number of benzene rings is 1. The van der Waals surface area contributed by atoms with Gasteiger partial charge in [-0.3, -0.25) is 4.40 Å². The molecule has 10 heteroatoms. The number of amides is 1. The number of halogens is 1. The number of hydrogen-bond acceptors (Lipinski definition) is 7. The summed E-state index contributed by atoms with van der Waals surface area (Å²) in [7, 11) is 0. The zero-order valence-corrected chi connectivity index (χ0v) is 23.2. The molecule has 1 aliphatic rings. The molecule has 3 aromatic heterocycles. The van der Waals surface area contributed by atoms with Gasteiger partial charge in [-0.15, -0.1) is 0 Å². The minimum Gasteiger partial charge on any atom is -0.444 e. The number of anilines is 2. The number of imidazole rings is 1. The highest BCUT2D eigenvalue weighted by atomic mass is 35.5.